The summed E-state index contributed by atoms with van der Waals surface area (Å²) in [5, 5.41) is 10.1. The van der Waals surface area contributed by atoms with E-state index in [1.165, 1.54) is 0 Å². The van der Waals surface area contributed by atoms with E-state index in [2.05, 4.69) is 6.92 Å². The molecule has 0 saturated heterocycles. The number of carboxylic acids is 1. The Balaban J connectivity index is 5.44. The fourth-order valence-corrected chi connectivity index (χ4v) is 3.43. The Labute approximate surface area is 164 Å². The maximum absolute atomic E-state index is 13.0. The van der Waals surface area contributed by atoms with Crippen molar-refractivity contribution in [1.29, 1.82) is 0 Å². The van der Waals surface area contributed by atoms with Gasteiger partial charge in [0.25, 0.3) is 0 Å². The number of amides is 2. The molecule has 0 bridgehead atoms. The number of unbranched alkanes of at least 4 members (excludes halogenated alkanes) is 6. The number of nitrogens with zero attached hydrogens (tertiary/aromatic N) is 1. The van der Waals surface area contributed by atoms with Crippen molar-refractivity contribution in [3.63, 3.8) is 0 Å². The van der Waals surface area contributed by atoms with Gasteiger partial charge in [-0.05, 0) is 25.7 Å². The van der Waals surface area contributed by atoms with Gasteiger partial charge in [-0.3, -0.25) is 9.59 Å². The van der Waals surface area contributed by atoms with Crippen molar-refractivity contribution in [2.45, 2.75) is 110 Å². The lowest BCUT2D eigenvalue weighted by Gasteiger charge is -2.41. The number of rotatable bonds is 17. The molecule has 0 fully saturated rings. The zero-order chi connectivity index (χ0) is 20.7. The first-order chi connectivity index (χ1) is 12.9. The Bertz CT molecular complexity index is 453. The van der Waals surface area contributed by atoms with Crippen molar-refractivity contribution in [2.75, 3.05) is 6.54 Å². The second-order valence-electron chi connectivity index (χ2n) is 7.47. The number of nitrogens with two attached hydrogens (primary N) is 1. The van der Waals surface area contributed by atoms with E-state index in [9.17, 15) is 19.5 Å². The molecule has 6 heteroatoms. The average Bonchev–Trinajstić information content (AvgIpc) is 2.62. The molecule has 2 amide bonds. The highest BCUT2D eigenvalue weighted by atomic mass is 16.4. The first-order valence-electron chi connectivity index (χ1n) is 10.7. The Hall–Kier alpha value is -1.59. The van der Waals surface area contributed by atoms with Crippen LogP contribution in [0.5, 0.6) is 0 Å². The van der Waals surface area contributed by atoms with Crippen molar-refractivity contribution >= 4 is 17.8 Å². The maximum atomic E-state index is 13.0. The smallest absolute Gasteiger partial charge is 0.329 e. The number of primary amides is 1. The van der Waals surface area contributed by atoms with Crippen LogP contribution in [0.3, 0.4) is 0 Å². The van der Waals surface area contributed by atoms with Gasteiger partial charge in [0, 0.05) is 19.4 Å². The van der Waals surface area contributed by atoms with Gasteiger partial charge in [0.2, 0.25) is 11.8 Å². The van der Waals surface area contributed by atoms with Gasteiger partial charge in [-0.1, -0.05) is 65.7 Å². The predicted molar refractivity (Wildman–Crippen MR) is 108 cm³/mol. The standard InChI is InChI=1S/C21H40N2O4/c1-4-7-10-11-12-13-19(25)23(17-9-6-3)21(20(26)27,15-8-5-2)16-14-18(22)24/h4-17H2,1-3H3,(H2,22,24)(H,26,27)/t21-/m0/s1. The SMILES string of the molecule is CCCCCCCC(=O)N(CCCC)[C@@](CCCC)(CCC(N)=O)C(=O)O. The van der Waals surface area contributed by atoms with Crippen LogP contribution in [-0.4, -0.2) is 39.9 Å². The Kier molecular flexibility index (Phi) is 13.6. The molecule has 1 atom stereocenters. The molecule has 0 aromatic carbocycles. The molecular weight excluding hydrogens is 344 g/mol. The first kappa shape index (κ1) is 25.4. The van der Waals surface area contributed by atoms with Crippen LogP contribution in [0.15, 0.2) is 0 Å². The van der Waals surface area contributed by atoms with Crippen LogP contribution >= 0.6 is 0 Å². The predicted octanol–water partition coefficient (Wildman–Crippen LogP) is 4.25. The number of aliphatic carboxylic acids is 1. The molecule has 0 aliphatic rings. The molecular formula is C21H40N2O4. The average molecular weight is 385 g/mol. The van der Waals surface area contributed by atoms with Crippen LogP contribution in [0.1, 0.15) is 104 Å². The monoisotopic (exact) mass is 384 g/mol. The summed E-state index contributed by atoms with van der Waals surface area (Å²) in [7, 11) is 0. The number of carbonyl (C=O) groups excluding carboxylic acids is 2. The normalized spacial score (nSPS) is 13.1. The van der Waals surface area contributed by atoms with E-state index in [0.717, 1.165) is 51.4 Å². The third kappa shape index (κ3) is 9.25. The Morgan fingerprint density at radius 3 is 1.93 bits per heavy atom. The summed E-state index contributed by atoms with van der Waals surface area (Å²) in [4.78, 5) is 38.2. The summed E-state index contributed by atoms with van der Waals surface area (Å²) in [6, 6.07) is 0. The van der Waals surface area contributed by atoms with Gasteiger partial charge in [0.05, 0.1) is 0 Å². The third-order valence-electron chi connectivity index (χ3n) is 5.17. The van der Waals surface area contributed by atoms with Crippen molar-refractivity contribution < 1.29 is 19.5 Å². The van der Waals surface area contributed by atoms with Gasteiger partial charge in [-0.25, -0.2) is 4.79 Å². The summed E-state index contributed by atoms with van der Waals surface area (Å²) in [6.45, 7) is 6.57. The third-order valence-corrected chi connectivity index (χ3v) is 5.17. The second kappa shape index (κ2) is 14.5. The molecule has 3 N–H and O–H groups in total. The maximum Gasteiger partial charge on any atom is 0.329 e. The summed E-state index contributed by atoms with van der Waals surface area (Å²) in [6.07, 6.45) is 9.09. The summed E-state index contributed by atoms with van der Waals surface area (Å²) < 4.78 is 0. The summed E-state index contributed by atoms with van der Waals surface area (Å²) in [5.41, 5.74) is 3.96. The van der Waals surface area contributed by atoms with Crippen LogP contribution in [0.2, 0.25) is 0 Å². The van der Waals surface area contributed by atoms with Crippen molar-refractivity contribution in [3.05, 3.63) is 0 Å². The highest BCUT2D eigenvalue weighted by molar-refractivity contribution is 5.88. The first-order valence-corrected chi connectivity index (χ1v) is 10.7. The van der Waals surface area contributed by atoms with Crippen LogP contribution in [0.4, 0.5) is 0 Å². The van der Waals surface area contributed by atoms with Gasteiger partial charge >= 0.3 is 5.97 Å². The highest BCUT2D eigenvalue weighted by Gasteiger charge is 2.45. The minimum Gasteiger partial charge on any atom is -0.479 e. The fraction of sp³-hybridized carbons (Fsp3) is 0.857. The Morgan fingerprint density at radius 1 is 0.815 bits per heavy atom. The van der Waals surface area contributed by atoms with Crippen molar-refractivity contribution in [1.82, 2.24) is 4.90 Å². The minimum absolute atomic E-state index is 0.0254. The van der Waals surface area contributed by atoms with Gasteiger partial charge in [0.1, 0.15) is 5.54 Å². The van der Waals surface area contributed by atoms with Gasteiger partial charge < -0.3 is 15.7 Å². The molecule has 0 saturated carbocycles. The lowest BCUT2D eigenvalue weighted by Crippen LogP contribution is -2.57. The van der Waals surface area contributed by atoms with E-state index in [1.807, 2.05) is 13.8 Å². The quantitative estimate of drug-likeness (QED) is 0.366. The van der Waals surface area contributed by atoms with E-state index in [4.69, 9.17) is 5.73 Å². The summed E-state index contributed by atoms with van der Waals surface area (Å²) >= 11 is 0. The molecule has 0 spiro atoms. The van der Waals surface area contributed by atoms with E-state index in [1.54, 1.807) is 4.90 Å². The number of hydrogen-bond acceptors (Lipinski definition) is 3. The van der Waals surface area contributed by atoms with Crippen LogP contribution in [-0.2, 0) is 14.4 Å². The fourth-order valence-electron chi connectivity index (χ4n) is 3.43. The zero-order valence-electron chi connectivity index (χ0n) is 17.6. The molecule has 27 heavy (non-hydrogen) atoms. The van der Waals surface area contributed by atoms with Crippen molar-refractivity contribution in [2.24, 2.45) is 5.73 Å². The summed E-state index contributed by atoms with van der Waals surface area (Å²) in [5.74, 6) is -1.66. The zero-order valence-corrected chi connectivity index (χ0v) is 17.6. The topological polar surface area (TPSA) is 101 Å². The van der Waals surface area contributed by atoms with Crippen molar-refractivity contribution in [3.8, 4) is 0 Å². The number of carbonyl (C=O) groups is 3. The van der Waals surface area contributed by atoms with Gasteiger partial charge in [-0.15, -0.1) is 0 Å². The molecule has 158 valence electrons. The van der Waals surface area contributed by atoms with E-state index < -0.39 is 17.4 Å². The molecule has 0 heterocycles. The number of carboxylic acid groups (broad SMARTS) is 1. The largest absolute Gasteiger partial charge is 0.479 e. The van der Waals surface area contributed by atoms with E-state index >= 15 is 0 Å². The molecule has 0 aromatic heterocycles. The van der Waals surface area contributed by atoms with E-state index in [-0.39, 0.29) is 18.7 Å². The van der Waals surface area contributed by atoms with Crippen LogP contribution in [0.25, 0.3) is 0 Å². The second-order valence-corrected chi connectivity index (χ2v) is 7.47. The minimum atomic E-state index is -1.33. The molecule has 0 aromatic rings. The molecule has 0 rings (SSSR count). The van der Waals surface area contributed by atoms with Crippen LogP contribution in [0, 0.1) is 0 Å². The lowest BCUT2D eigenvalue weighted by atomic mass is 9.84. The van der Waals surface area contributed by atoms with E-state index in [0.29, 0.717) is 25.8 Å². The Morgan fingerprint density at radius 2 is 1.41 bits per heavy atom. The van der Waals surface area contributed by atoms with Gasteiger partial charge in [-0.2, -0.15) is 0 Å². The van der Waals surface area contributed by atoms with Crippen LogP contribution < -0.4 is 5.73 Å². The van der Waals surface area contributed by atoms with Gasteiger partial charge in [0.15, 0.2) is 0 Å². The highest BCUT2D eigenvalue weighted by Crippen LogP contribution is 2.30. The molecule has 0 aliphatic heterocycles. The lowest BCUT2D eigenvalue weighted by molar-refractivity contribution is -0.161. The number of hydrogen-bond donors (Lipinski definition) is 2. The molecule has 0 aliphatic carbocycles. The molecule has 6 nitrogen and oxygen atoms in total. The molecule has 0 unspecified atom stereocenters. The molecule has 0 radical (unpaired) electrons.